The van der Waals surface area contributed by atoms with Crippen molar-refractivity contribution in [2.24, 2.45) is 0 Å². The van der Waals surface area contributed by atoms with Crippen LogP contribution in [0, 0.1) is 0 Å². The van der Waals surface area contributed by atoms with E-state index in [1.165, 1.54) is 0 Å². The Kier molecular flexibility index (Phi) is 6.49. The summed E-state index contributed by atoms with van der Waals surface area (Å²) >= 11 is 0. The first-order valence-electron chi connectivity index (χ1n) is 7.32. The van der Waals surface area contributed by atoms with Crippen LogP contribution in [0.2, 0.25) is 0 Å². The van der Waals surface area contributed by atoms with Crippen LogP contribution in [0.1, 0.15) is 40.5 Å². The van der Waals surface area contributed by atoms with Crippen LogP contribution in [0.25, 0.3) is 0 Å². The van der Waals surface area contributed by atoms with E-state index in [2.05, 4.69) is 10.6 Å². The van der Waals surface area contributed by atoms with Gasteiger partial charge in [-0.1, -0.05) is 13.3 Å². The molecule has 1 rings (SSSR count). The molecule has 0 aliphatic rings. The highest BCUT2D eigenvalue weighted by molar-refractivity contribution is 5.89. The Morgan fingerprint density at radius 3 is 2.43 bits per heavy atom. The molecule has 1 aromatic carbocycles. The van der Waals surface area contributed by atoms with Gasteiger partial charge in [0.15, 0.2) is 0 Å². The number of aliphatic hydroxyl groups excluding tert-OH is 1. The second-order valence-corrected chi connectivity index (χ2v) is 6.02. The Labute approximate surface area is 126 Å². The Morgan fingerprint density at radius 2 is 1.90 bits per heavy atom. The predicted octanol–water partition coefficient (Wildman–Crippen LogP) is 3.15. The van der Waals surface area contributed by atoms with Gasteiger partial charge in [-0.3, -0.25) is 0 Å². The van der Waals surface area contributed by atoms with Crippen molar-refractivity contribution in [3.05, 3.63) is 24.3 Å². The summed E-state index contributed by atoms with van der Waals surface area (Å²) in [5, 5.41) is 14.9. The molecule has 21 heavy (non-hydrogen) atoms. The number of ether oxygens (including phenoxy) is 1. The van der Waals surface area contributed by atoms with Gasteiger partial charge in [0, 0.05) is 12.2 Å². The van der Waals surface area contributed by atoms with E-state index in [4.69, 9.17) is 4.74 Å². The monoisotopic (exact) mass is 294 g/mol. The summed E-state index contributed by atoms with van der Waals surface area (Å²) in [4.78, 5) is 11.7. The van der Waals surface area contributed by atoms with Gasteiger partial charge >= 0.3 is 6.03 Å². The molecule has 0 saturated heterocycles. The third-order valence-electron chi connectivity index (χ3n) is 2.66. The van der Waals surface area contributed by atoms with Crippen LogP contribution in [0.15, 0.2) is 24.3 Å². The van der Waals surface area contributed by atoms with E-state index in [1.54, 1.807) is 12.1 Å². The molecule has 5 heteroatoms. The number of carbonyl (C=O) groups is 1. The van der Waals surface area contributed by atoms with Gasteiger partial charge in [0.2, 0.25) is 0 Å². The molecular formula is C16H26N2O3. The van der Waals surface area contributed by atoms with Gasteiger partial charge in [0.05, 0.1) is 6.10 Å². The molecule has 2 amide bonds. The number of urea groups is 1. The van der Waals surface area contributed by atoms with E-state index < -0.39 is 6.10 Å². The molecule has 5 nitrogen and oxygen atoms in total. The van der Waals surface area contributed by atoms with E-state index in [1.807, 2.05) is 39.8 Å². The lowest BCUT2D eigenvalue weighted by molar-refractivity contribution is 0.131. The highest BCUT2D eigenvalue weighted by atomic mass is 16.5. The van der Waals surface area contributed by atoms with Gasteiger partial charge in [0.25, 0.3) is 0 Å². The van der Waals surface area contributed by atoms with Crippen molar-refractivity contribution in [1.82, 2.24) is 5.32 Å². The maximum atomic E-state index is 11.7. The van der Waals surface area contributed by atoms with Crippen molar-refractivity contribution in [2.75, 3.05) is 11.9 Å². The summed E-state index contributed by atoms with van der Waals surface area (Å²) in [6.45, 7) is 8.19. The number of benzene rings is 1. The summed E-state index contributed by atoms with van der Waals surface area (Å²) < 4.78 is 5.71. The van der Waals surface area contributed by atoms with Crippen LogP contribution in [-0.4, -0.2) is 29.4 Å². The summed E-state index contributed by atoms with van der Waals surface area (Å²) in [5.41, 5.74) is 0.431. The van der Waals surface area contributed by atoms with E-state index >= 15 is 0 Å². The molecule has 1 atom stereocenters. The van der Waals surface area contributed by atoms with Gasteiger partial charge < -0.3 is 20.5 Å². The predicted molar refractivity (Wildman–Crippen MR) is 84.8 cm³/mol. The van der Waals surface area contributed by atoms with Crippen molar-refractivity contribution in [3.63, 3.8) is 0 Å². The fourth-order valence-corrected chi connectivity index (χ4v) is 1.78. The van der Waals surface area contributed by atoms with E-state index in [0.29, 0.717) is 12.1 Å². The Morgan fingerprint density at radius 1 is 1.29 bits per heavy atom. The second kappa shape index (κ2) is 7.88. The molecule has 0 fully saturated rings. The maximum absolute atomic E-state index is 11.7. The van der Waals surface area contributed by atoms with E-state index in [9.17, 15) is 9.90 Å². The lowest BCUT2D eigenvalue weighted by atomic mass is 10.2. The third kappa shape index (κ3) is 7.56. The van der Waals surface area contributed by atoms with Gasteiger partial charge in [-0.15, -0.1) is 0 Å². The molecule has 3 N–H and O–H groups in total. The third-order valence-corrected chi connectivity index (χ3v) is 2.66. The van der Waals surface area contributed by atoms with E-state index in [-0.39, 0.29) is 18.2 Å². The quantitative estimate of drug-likeness (QED) is 0.755. The molecule has 1 aromatic rings. The minimum atomic E-state index is -0.497. The molecule has 0 aromatic heterocycles. The van der Waals surface area contributed by atoms with E-state index in [0.717, 1.165) is 12.2 Å². The SMILES string of the molecule is CCCC(O)CNC(=O)Nc1ccc(OC(C)(C)C)cc1. The standard InChI is InChI=1S/C16H26N2O3/c1-5-6-13(19)11-17-15(20)18-12-7-9-14(10-8-12)21-16(2,3)4/h7-10,13,19H,5-6,11H2,1-4H3,(H2,17,18,20). The first-order chi connectivity index (χ1) is 9.80. The first kappa shape index (κ1) is 17.3. The Bertz CT molecular complexity index is 438. The van der Waals surface area contributed by atoms with Gasteiger partial charge in [-0.05, 0) is 51.5 Å². The number of amides is 2. The summed E-state index contributed by atoms with van der Waals surface area (Å²) in [7, 11) is 0. The minimum absolute atomic E-state index is 0.248. The second-order valence-electron chi connectivity index (χ2n) is 6.02. The number of hydrogen-bond acceptors (Lipinski definition) is 3. The summed E-state index contributed by atoms with van der Waals surface area (Å²) in [6.07, 6.45) is 1.07. The topological polar surface area (TPSA) is 70.6 Å². The number of anilines is 1. The number of aliphatic hydroxyl groups is 1. The van der Waals surface area contributed by atoms with Crippen molar-refractivity contribution < 1.29 is 14.6 Å². The number of carbonyl (C=O) groups excluding carboxylic acids is 1. The molecule has 0 radical (unpaired) electrons. The highest BCUT2D eigenvalue weighted by Gasteiger charge is 2.11. The molecule has 1 unspecified atom stereocenters. The zero-order valence-corrected chi connectivity index (χ0v) is 13.3. The maximum Gasteiger partial charge on any atom is 0.319 e. The highest BCUT2D eigenvalue weighted by Crippen LogP contribution is 2.20. The lowest BCUT2D eigenvalue weighted by Gasteiger charge is -2.21. The zero-order valence-electron chi connectivity index (χ0n) is 13.3. The molecule has 118 valence electrons. The van der Waals surface area contributed by atoms with Crippen LogP contribution in [0.4, 0.5) is 10.5 Å². The summed E-state index contributed by atoms with van der Waals surface area (Å²) in [5.74, 6) is 0.756. The van der Waals surface area contributed by atoms with Crippen LogP contribution in [0.5, 0.6) is 5.75 Å². The molecule has 0 saturated carbocycles. The molecular weight excluding hydrogens is 268 g/mol. The number of hydrogen-bond donors (Lipinski definition) is 3. The van der Waals surface area contributed by atoms with Crippen LogP contribution in [-0.2, 0) is 0 Å². The minimum Gasteiger partial charge on any atom is -0.488 e. The molecule has 0 aliphatic carbocycles. The van der Waals surface area contributed by atoms with Crippen LogP contribution < -0.4 is 15.4 Å². The summed E-state index contributed by atoms with van der Waals surface area (Å²) in [6, 6.07) is 6.86. The molecule has 0 bridgehead atoms. The molecule has 0 aliphatic heterocycles. The lowest BCUT2D eigenvalue weighted by Crippen LogP contribution is -2.35. The largest absolute Gasteiger partial charge is 0.488 e. The van der Waals surface area contributed by atoms with Crippen molar-refractivity contribution in [3.8, 4) is 5.75 Å². The van der Waals surface area contributed by atoms with Crippen molar-refractivity contribution in [2.45, 2.75) is 52.2 Å². The average molecular weight is 294 g/mol. The number of nitrogens with one attached hydrogen (secondary N) is 2. The molecule has 0 heterocycles. The van der Waals surface area contributed by atoms with Gasteiger partial charge in [-0.25, -0.2) is 4.79 Å². The van der Waals surface area contributed by atoms with Gasteiger partial charge in [-0.2, -0.15) is 0 Å². The molecule has 0 spiro atoms. The average Bonchev–Trinajstić information content (AvgIpc) is 2.37. The smallest absolute Gasteiger partial charge is 0.319 e. The fourth-order valence-electron chi connectivity index (χ4n) is 1.78. The van der Waals surface area contributed by atoms with Crippen LogP contribution >= 0.6 is 0 Å². The van der Waals surface area contributed by atoms with Crippen molar-refractivity contribution >= 4 is 11.7 Å². The van der Waals surface area contributed by atoms with Gasteiger partial charge in [0.1, 0.15) is 11.4 Å². The Balaban J connectivity index is 2.43. The number of rotatable bonds is 6. The fraction of sp³-hybridized carbons (Fsp3) is 0.562. The zero-order chi connectivity index (χ0) is 15.9. The Hall–Kier alpha value is -1.75. The van der Waals surface area contributed by atoms with Crippen LogP contribution in [0.3, 0.4) is 0 Å². The normalized spacial score (nSPS) is 12.6. The van der Waals surface area contributed by atoms with Crippen molar-refractivity contribution in [1.29, 1.82) is 0 Å². The first-order valence-corrected chi connectivity index (χ1v) is 7.32.